The predicted octanol–water partition coefficient (Wildman–Crippen LogP) is 4.03. The molecule has 2 N–H and O–H groups in total. The quantitative estimate of drug-likeness (QED) is 0.604. The first-order chi connectivity index (χ1) is 13.7. The number of carbonyl (C=O) groups is 2. The molecule has 0 fully saturated rings. The molecular formula is C22H31N3O3S. The first-order valence-electron chi connectivity index (χ1n) is 9.95. The molecule has 0 radical (unpaired) electrons. The van der Waals surface area contributed by atoms with Crippen LogP contribution in [-0.4, -0.2) is 35.2 Å². The molecular weight excluding hydrogens is 386 g/mol. The van der Waals surface area contributed by atoms with Gasteiger partial charge in [-0.2, -0.15) is 0 Å². The standard InChI is InChI=1S/C22H31N3O3S/c1-16-15-29-19(24-16)12-8-9-13-23-20(26)18(14-17-10-6-5-7-11-17)25-21(27)28-22(2,3)4/h5-7,10-11,15,18H,8-9,12-14H2,1-4H3,(H,23,26)(H,25,27). The summed E-state index contributed by atoms with van der Waals surface area (Å²) in [5.41, 5.74) is 1.41. The average molecular weight is 418 g/mol. The van der Waals surface area contributed by atoms with Gasteiger partial charge < -0.3 is 15.4 Å². The number of aryl methyl sites for hydroxylation is 2. The minimum Gasteiger partial charge on any atom is -0.444 e. The van der Waals surface area contributed by atoms with Crippen LogP contribution in [0.1, 0.15) is 49.9 Å². The maximum Gasteiger partial charge on any atom is 0.408 e. The van der Waals surface area contributed by atoms with Gasteiger partial charge in [0.05, 0.1) is 5.01 Å². The van der Waals surface area contributed by atoms with Crippen LogP contribution in [0.2, 0.25) is 0 Å². The number of alkyl carbamates (subject to hydrolysis) is 1. The summed E-state index contributed by atoms with van der Waals surface area (Å²) in [5.74, 6) is -0.204. The van der Waals surface area contributed by atoms with Crippen molar-refractivity contribution in [1.82, 2.24) is 15.6 Å². The number of aromatic nitrogens is 1. The van der Waals surface area contributed by atoms with Crippen molar-refractivity contribution < 1.29 is 14.3 Å². The van der Waals surface area contributed by atoms with Crippen molar-refractivity contribution in [3.05, 3.63) is 52.0 Å². The molecule has 0 saturated carbocycles. The summed E-state index contributed by atoms with van der Waals surface area (Å²) < 4.78 is 5.31. The summed E-state index contributed by atoms with van der Waals surface area (Å²) in [6.45, 7) is 7.93. The van der Waals surface area contributed by atoms with Crippen LogP contribution in [0.3, 0.4) is 0 Å². The molecule has 0 aliphatic rings. The normalized spacial score (nSPS) is 12.3. The highest BCUT2D eigenvalue weighted by molar-refractivity contribution is 7.09. The lowest BCUT2D eigenvalue weighted by molar-refractivity contribution is -0.123. The first kappa shape index (κ1) is 22.9. The van der Waals surface area contributed by atoms with Gasteiger partial charge in [0.2, 0.25) is 5.91 Å². The molecule has 6 nitrogen and oxygen atoms in total. The van der Waals surface area contributed by atoms with Crippen molar-refractivity contribution in [2.75, 3.05) is 6.54 Å². The fourth-order valence-electron chi connectivity index (χ4n) is 2.76. The number of hydrogen-bond acceptors (Lipinski definition) is 5. The van der Waals surface area contributed by atoms with Gasteiger partial charge in [-0.3, -0.25) is 4.79 Å². The molecule has 29 heavy (non-hydrogen) atoms. The van der Waals surface area contributed by atoms with Gasteiger partial charge in [0.1, 0.15) is 11.6 Å². The summed E-state index contributed by atoms with van der Waals surface area (Å²) >= 11 is 1.67. The molecule has 2 amide bonds. The van der Waals surface area contributed by atoms with E-state index >= 15 is 0 Å². The highest BCUT2D eigenvalue weighted by atomic mass is 32.1. The van der Waals surface area contributed by atoms with Crippen molar-refractivity contribution in [3.8, 4) is 0 Å². The molecule has 0 bridgehead atoms. The fourth-order valence-corrected chi connectivity index (χ4v) is 3.58. The van der Waals surface area contributed by atoms with Gasteiger partial charge in [-0.25, -0.2) is 9.78 Å². The van der Waals surface area contributed by atoms with E-state index in [1.165, 1.54) is 0 Å². The number of benzene rings is 1. The Labute approximate surface area is 177 Å². The van der Waals surface area contributed by atoms with Crippen LogP contribution in [0.25, 0.3) is 0 Å². The molecule has 1 aromatic carbocycles. The Morgan fingerprint density at radius 1 is 1.17 bits per heavy atom. The van der Waals surface area contributed by atoms with Crippen molar-refractivity contribution in [3.63, 3.8) is 0 Å². The Morgan fingerprint density at radius 3 is 2.52 bits per heavy atom. The maximum atomic E-state index is 12.7. The molecule has 2 rings (SSSR count). The minimum absolute atomic E-state index is 0.204. The third-order valence-electron chi connectivity index (χ3n) is 4.07. The summed E-state index contributed by atoms with van der Waals surface area (Å²) in [6.07, 6.45) is 2.54. The topological polar surface area (TPSA) is 80.3 Å². The smallest absolute Gasteiger partial charge is 0.408 e. The maximum absolute atomic E-state index is 12.7. The van der Waals surface area contributed by atoms with E-state index in [-0.39, 0.29) is 5.91 Å². The molecule has 1 heterocycles. The zero-order chi connectivity index (χ0) is 21.3. The Hall–Kier alpha value is -2.41. The van der Waals surface area contributed by atoms with Crippen LogP contribution >= 0.6 is 11.3 Å². The Bertz CT molecular complexity index is 784. The molecule has 0 spiro atoms. The molecule has 1 unspecified atom stereocenters. The van der Waals surface area contributed by atoms with E-state index < -0.39 is 17.7 Å². The molecule has 0 saturated heterocycles. The van der Waals surface area contributed by atoms with Gasteiger partial charge in [0.25, 0.3) is 0 Å². The summed E-state index contributed by atoms with van der Waals surface area (Å²) in [5, 5.41) is 8.82. The summed E-state index contributed by atoms with van der Waals surface area (Å²) in [7, 11) is 0. The van der Waals surface area contributed by atoms with Crippen molar-refractivity contribution in [2.24, 2.45) is 0 Å². The van der Waals surface area contributed by atoms with Gasteiger partial charge in [0, 0.05) is 24.0 Å². The Balaban J connectivity index is 1.84. The van der Waals surface area contributed by atoms with E-state index in [4.69, 9.17) is 4.74 Å². The van der Waals surface area contributed by atoms with Gasteiger partial charge in [-0.15, -0.1) is 11.3 Å². The molecule has 0 aliphatic heterocycles. The Morgan fingerprint density at radius 2 is 1.90 bits per heavy atom. The van der Waals surface area contributed by atoms with Crippen LogP contribution in [0.4, 0.5) is 4.79 Å². The number of carbonyl (C=O) groups excluding carboxylic acids is 2. The highest BCUT2D eigenvalue weighted by Crippen LogP contribution is 2.12. The van der Waals surface area contributed by atoms with E-state index in [0.717, 1.165) is 35.5 Å². The van der Waals surface area contributed by atoms with E-state index in [9.17, 15) is 9.59 Å². The van der Waals surface area contributed by atoms with Crippen LogP contribution in [0.5, 0.6) is 0 Å². The van der Waals surface area contributed by atoms with E-state index in [0.29, 0.717) is 13.0 Å². The van der Waals surface area contributed by atoms with Crippen LogP contribution in [0.15, 0.2) is 35.7 Å². The van der Waals surface area contributed by atoms with Gasteiger partial charge >= 0.3 is 6.09 Å². The molecule has 7 heteroatoms. The first-order valence-corrected chi connectivity index (χ1v) is 10.8. The number of unbranched alkanes of at least 4 members (excludes halogenated alkanes) is 1. The Kier molecular flexibility index (Phi) is 8.64. The number of hydrogen-bond donors (Lipinski definition) is 2. The van der Waals surface area contributed by atoms with E-state index in [1.54, 1.807) is 32.1 Å². The number of nitrogens with one attached hydrogen (secondary N) is 2. The zero-order valence-electron chi connectivity index (χ0n) is 17.7. The molecule has 158 valence electrons. The fraction of sp³-hybridized carbons (Fsp3) is 0.500. The minimum atomic E-state index is -0.686. The lowest BCUT2D eigenvalue weighted by Gasteiger charge is -2.23. The monoisotopic (exact) mass is 417 g/mol. The van der Waals surface area contributed by atoms with Gasteiger partial charge in [0.15, 0.2) is 0 Å². The second-order valence-electron chi connectivity index (χ2n) is 8.02. The van der Waals surface area contributed by atoms with Crippen LogP contribution in [0, 0.1) is 6.92 Å². The van der Waals surface area contributed by atoms with Crippen molar-refractivity contribution in [2.45, 2.75) is 65.0 Å². The summed E-state index contributed by atoms with van der Waals surface area (Å²) in [6, 6.07) is 8.94. The third-order valence-corrected chi connectivity index (χ3v) is 5.10. The molecule has 1 atom stereocenters. The number of nitrogens with zero attached hydrogens (tertiary/aromatic N) is 1. The van der Waals surface area contributed by atoms with Crippen molar-refractivity contribution >= 4 is 23.3 Å². The largest absolute Gasteiger partial charge is 0.444 e. The molecule has 2 aromatic rings. The van der Waals surface area contributed by atoms with E-state index in [1.807, 2.05) is 42.6 Å². The number of ether oxygens (including phenoxy) is 1. The second-order valence-corrected chi connectivity index (χ2v) is 8.96. The number of amides is 2. The third kappa shape index (κ3) is 9.09. The lowest BCUT2D eigenvalue weighted by atomic mass is 10.1. The predicted molar refractivity (Wildman–Crippen MR) is 116 cm³/mol. The number of thiazole rings is 1. The second kappa shape index (κ2) is 11.0. The van der Waals surface area contributed by atoms with Gasteiger partial charge in [-0.05, 0) is 52.5 Å². The van der Waals surface area contributed by atoms with Crippen LogP contribution < -0.4 is 10.6 Å². The van der Waals surface area contributed by atoms with Crippen LogP contribution in [-0.2, 0) is 22.4 Å². The lowest BCUT2D eigenvalue weighted by Crippen LogP contribution is -2.49. The highest BCUT2D eigenvalue weighted by Gasteiger charge is 2.24. The number of rotatable bonds is 9. The van der Waals surface area contributed by atoms with Gasteiger partial charge in [-0.1, -0.05) is 30.3 Å². The summed E-state index contributed by atoms with van der Waals surface area (Å²) in [4.78, 5) is 29.3. The zero-order valence-corrected chi connectivity index (χ0v) is 18.5. The molecule has 0 aliphatic carbocycles. The van der Waals surface area contributed by atoms with E-state index in [2.05, 4.69) is 15.6 Å². The SMILES string of the molecule is Cc1csc(CCCCNC(=O)C(Cc2ccccc2)NC(=O)OC(C)(C)C)n1. The average Bonchev–Trinajstić information content (AvgIpc) is 3.05. The van der Waals surface area contributed by atoms with Crippen molar-refractivity contribution in [1.29, 1.82) is 0 Å². The molecule has 1 aromatic heterocycles.